The molecule has 0 radical (unpaired) electrons. The minimum Gasteiger partial charge on any atom is -0.497 e. The molecular formula is C15H16FNO4S. The predicted octanol–water partition coefficient (Wildman–Crippen LogP) is 2.32. The van der Waals surface area contributed by atoms with Crippen LogP contribution >= 0.6 is 0 Å². The molecule has 0 aliphatic heterocycles. The lowest BCUT2D eigenvalue weighted by atomic mass is 10.2. The normalized spacial score (nSPS) is 11.2. The zero-order valence-electron chi connectivity index (χ0n) is 12.2. The largest absolute Gasteiger partial charge is 0.497 e. The summed E-state index contributed by atoms with van der Waals surface area (Å²) in [5.74, 6) is -0.0484. The molecule has 0 amide bonds. The van der Waals surface area contributed by atoms with Crippen LogP contribution in [0.15, 0.2) is 47.4 Å². The second-order valence-electron chi connectivity index (χ2n) is 4.47. The second-order valence-corrected chi connectivity index (χ2v) is 6.24. The van der Waals surface area contributed by atoms with Crippen molar-refractivity contribution in [3.05, 3.63) is 53.8 Å². The molecule has 1 N–H and O–H groups in total. The molecule has 5 nitrogen and oxygen atoms in total. The zero-order chi connectivity index (χ0) is 16.2. The average molecular weight is 325 g/mol. The van der Waals surface area contributed by atoms with Gasteiger partial charge < -0.3 is 9.47 Å². The summed E-state index contributed by atoms with van der Waals surface area (Å²) in [6.07, 6.45) is 0. The molecule has 7 heteroatoms. The first-order valence-electron chi connectivity index (χ1n) is 6.42. The standard InChI is InChI=1S/C15H16FNO4S/c1-20-12-5-3-11(4-6-12)10-17-22(18,19)13-7-8-15(21-2)14(16)9-13/h3-9,17H,10H2,1-2H3. The summed E-state index contributed by atoms with van der Waals surface area (Å²) in [6.45, 7) is 0.0972. The van der Waals surface area contributed by atoms with Gasteiger partial charge in [-0.2, -0.15) is 0 Å². The molecule has 0 aromatic heterocycles. The Kier molecular flexibility index (Phi) is 4.99. The van der Waals surface area contributed by atoms with E-state index in [1.54, 1.807) is 31.4 Å². The summed E-state index contributed by atoms with van der Waals surface area (Å²) in [7, 11) is -0.933. The van der Waals surface area contributed by atoms with Crippen molar-refractivity contribution in [2.75, 3.05) is 14.2 Å². The fourth-order valence-corrected chi connectivity index (χ4v) is 2.85. The Morgan fingerprint density at radius 3 is 2.27 bits per heavy atom. The SMILES string of the molecule is COc1ccc(CNS(=O)(=O)c2ccc(OC)c(F)c2)cc1. The van der Waals surface area contributed by atoms with Crippen molar-refractivity contribution >= 4 is 10.0 Å². The number of hydrogen-bond donors (Lipinski definition) is 1. The molecule has 0 bridgehead atoms. The van der Waals surface area contributed by atoms with Gasteiger partial charge in [0.05, 0.1) is 19.1 Å². The fraction of sp³-hybridized carbons (Fsp3) is 0.200. The van der Waals surface area contributed by atoms with Crippen LogP contribution in [0.2, 0.25) is 0 Å². The molecule has 0 atom stereocenters. The van der Waals surface area contributed by atoms with Gasteiger partial charge in [0.25, 0.3) is 0 Å². The maximum Gasteiger partial charge on any atom is 0.240 e. The molecule has 118 valence electrons. The third kappa shape index (κ3) is 3.75. The van der Waals surface area contributed by atoms with Crippen LogP contribution in [0.5, 0.6) is 11.5 Å². The number of hydrogen-bond acceptors (Lipinski definition) is 4. The van der Waals surface area contributed by atoms with Gasteiger partial charge in [0.1, 0.15) is 5.75 Å². The van der Waals surface area contributed by atoms with Crippen LogP contribution in [0.1, 0.15) is 5.56 Å². The van der Waals surface area contributed by atoms with Crippen LogP contribution in [0.4, 0.5) is 4.39 Å². The highest BCUT2D eigenvalue weighted by Crippen LogP contribution is 2.20. The Balaban J connectivity index is 2.11. The minimum absolute atomic E-state index is 0.00546. The first kappa shape index (κ1) is 16.3. The van der Waals surface area contributed by atoms with E-state index in [0.29, 0.717) is 5.75 Å². The van der Waals surface area contributed by atoms with Crippen molar-refractivity contribution in [1.82, 2.24) is 4.72 Å². The van der Waals surface area contributed by atoms with E-state index in [9.17, 15) is 12.8 Å². The van der Waals surface area contributed by atoms with E-state index in [-0.39, 0.29) is 17.2 Å². The van der Waals surface area contributed by atoms with Gasteiger partial charge >= 0.3 is 0 Å². The third-order valence-electron chi connectivity index (χ3n) is 3.06. The number of nitrogens with one attached hydrogen (secondary N) is 1. The molecule has 22 heavy (non-hydrogen) atoms. The molecule has 0 aliphatic rings. The van der Waals surface area contributed by atoms with Crippen molar-refractivity contribution in [2.24, 2.45) is 0 Å². The van der Waals surface area contributed by atoms with E-state index >= 15 is 0 Å². The molecule has 0 saturated heterocycles. The van der Waals surface area contributed by atoms with Crippen molar-refractivity contribution < 1.29 is 22.3 Å². The molecule has 0 unspecified atom stereocenters. The van der Waals surface area contributed by atoms with Crippen LogP contribution in [0.3, 0.4) is 0 Å². The van der Waals surface area contributed by atoms with E-state index in [4.69, 9.17) is 9.47 Å². The van der Waals surface area contributed by atoms with Crippen LogP contribution in [-0.4, -0.2) is 22.6 Å². The van der Waals surface area contributed by atoms with E-state index in [1.807, 2.05) is 0 Å². The lowest BCUT2D eigenvalue weighted by Gasteiger charge is -2.09. The average Bonchev–Trinajstić information content (AvgIpc) is 2.53. The molecule has 2 rings (SSSR count). The topological polar surface area (TPSA) is 64.6 Å². The monoisotopic (exact) mass is 325 g/mol. The van der Waals surface area contributed by atoms with Gasteiger partial charge in [-0.25, -0.2) is 17.5 Å². The molecule has 0 fully saturated rings. The highest BCUT2D eigenvalue weighted by atomic mass is 32.2. The van der Waals surface area contributed by atoms with Crippen LogP contribution in [0, 0.1) is 5.82 Å². The van der Waals surface area contributed by atoms with E-state index in [2.05, 4.69) is 4.72 Å². The lowest BCUT2D eigenvalue weighted by Crippen LogP contribution is -2.23. The minimum atomic E-state index is -3.80. The molecule has 2 aromatic rings. The summed E-state index contributed by atoms with van der Waals surface area (Å²) in [5, 5.41) is 0. The molecule has 2 aromatic carbocycles. The summed E-state index contributed by atoms with van der Waals surface area (Å²) in [4.78, 5) is -0.153. The van der Waals surface area contributed by atoms with Crippen LogP contribution < -0.4 is 14.2 Å². The van der Waals surface area contributed by atoms with Gasteiger partial charge in [-0.05, 0) is 35.9 Å². The molecular weight excluding hydrogens is 309 g/mol. The Morgan fingerprint density at radius 2 is 1.73 bits per heavy atom. The quantitative estimate of drug-likeness (QED) is 0.885. The Bertz CT molecular complexity index is 745. The summed E-state index contributed by atoms with van der Waals surface area (Å²) >= 11 is 0. The second kappa shape index (κ2) is 6.76. The maximum atomic E-state index is 13.6. The predicted molar refractivity (Wildman–Crippen MR) is 80.0 cm³/mol. The number of rotatable bonds is 6. The number of methoxy groups -OCH3 is 2. The highest BCUT2D eigenvalue weighted by molar-refractivity contribution is 7.89. The first-order valence-corrected chi connectivity index (χ1v) is 7.90. The Hall–Kier alpha value is -2.12. The van der Waals surface area contributed by atoms with E-state index < -0.39 is 15.8 Å². The van der Waals surface area contributed by atoms with Crippen molar-refractivity contribution in [3.63, 3.8) is 0 Å². The molecule has 0 aliphatic carbocycles. The zero-order valence-corrected chi connectivity index (χ0v) is 13.0. The molecule has 0 heterocycles. The Labute approximate surface area is 128 Å². The number of benzene rings is 2. The van der Waals surface area contributed by atoms with Crippen molar-refractivity contribution in [3.8, 4) is 11.5 Å². The maximum absolute atomic E-state index is 13.6. The van der Waals surface area contributed by atoms with E-state index in [1.165, 1.54) is 19.2 Å². The summed E-state index contributed by atoms with van der Waals surface area (Å²) < 4.78 is 50.1. The fourth-order valence-electron chi connectivity index (χ4n) is 1.82. The number of halogens is 1. The molecule has 0 saturated carbocycles. The van der Waals surface area contributed by atoms with Gasteiger partial charge in [-0.15, -0.1) is 0 Å². The lowest BCUT2D eigenvalue weighted by molar-refractivity contribution is 0.385. The summed E-state index contributed by atoms with van der Waals surface area (Å²) in [5.41, 5.74) is 0.762. The smallest absolute Gasteiger partial charge is 0.240 e. The number of ether oxygens (including phenoxy) is 2. The third-order valence-corrected chi connectivity index (χ3v) is 4.46. The first-order chi connectivity index (χ1) is 10.5. The Morgan fingerprint density at radius 1 is 1.05 bits per heavy atom. The van der Waals surface area contributed by atoms with Crippen LogP contribution in [-0.2, 0) is 16.6 Å². The van der Waals surface area contributed by atoms with Gasteiger partial charge in [-0.3, -0.25) is 0 Å². The van der Waals surface area contributed by atoms with Gasteiger partial charge in [0, 0.05) is 6.54 Å². The van der Waals surface area contributed by atoms with Gasteiger partial charge in [0.2, 0.25) is 10.0 Å². The van der Waals surface area contributed by atoms with Crippen LogP contribution in [0.25, 0.3) is 0 Å². The highest BCUT2D eigenvalue weighted by Gasteiger charge is 2.16. The van der Waals surface area contributed by atoms with Crippen molar-refractivity contribution in [1.29, 1.82) is 0 Å². The van der Waals surface area contributed by atoms with Gasteiger partial charge in [-0.1, -0.05) is 12.1 Å². The number of sulfonamides is 1. The summed E-state index contributed by atoms with van der Waals surface area (Å²) in [6, 6.07) is 10.4. The molecule has 0 spiro atoms. The van der Waals surface area contributed by atoms with Crippen molar-refractivity contribution in [2.45, 2.75) is 11.4 Å². The van der Waals surface area contributed by atoms with Gasteiger partial charge in [0.15, 0.2) is 11.6 Å². The van der Waals surface area contributed by atoms with E-state index in [0.717, 1.165) is 11.6 Å².